The minimum atomic E-state index is -0.146. The van der Waals surface area contributed by atoms with Gasteiger partial charge in [0.1, 0.15) is 0 Å². The van der Waals surface area contributed by atoms with E-state index in [1.54, 1.807) is 11.3 Å². The van der Waals surface area contributed by atoms with Crippen LogP contribution in [0.15, 0.2) is 46.3 Å². The standard InChI is InChI=1S/C22H23N3O3S/c1-14-4-6-16(7-5-14)25-19(26)9-8-17(20(25)18-3-2-12-29-18)22-23-21(24-28-22)15-10-11-27-13-15/h2-7,12,15,17,20H,8-11,13H2,1H3/t15-,17-,20-/m0/s1. The first-order chi connectivity index (χ1) is 14.2. The van der Waals surface area contributed by atoms with Crippen LogP contribution in [0.5, 0.6) is 0 Å². The first-order valence-electron chi connectivity index (χ1n) is 10.0. The zero-order valence-corrected chi connectivity index (χ0v) is 17.1. The number of aryl methyl sites for hydroxylation is 1. The quantitative estimate of drug-likeness (QED) is 0.630. The maximum absolute atomic E-state index is 13.0. The SMILES string of the molecule is Cc1ccc(N2C(=O)CC[C@H](c3nc([C@H]4CCOC4)no3)[C@H]2c2cccs2)cc1. The third kappa shape index (κ3) is 3.49. The molecule has 2 fully saturated rings. The Labute approximate surface area is 173 Å². The van der Waals surface area contributed by atoms with Gasteiger partial charge in [-0.1, -0.05) is 28.9 Å². The molecule has 0 N–H and O–H groups in total. The molecule has 150 valence electrons. The summed E-state index contributed by atoms with van der Waals surface area (Å²) in [7, 11) is 0. The number of carbonyl (C=O) groups excluding carboxylic acids is 1. The summed E-state index contributed by atoms with van der Waals surface area (Å²) >= 11 is 1.66. The molecule has 29 heavy (non-hydrogen) atoms. The molecule has 3 atom stereocenters. The number of aromatic nitrogens is 2. The lowest BCUT2D eigenvalue weighted by Crippen LogP contribution is -2.42. The van der Waals surface area contributed by atoms with Crippen LogP contribution in [0.1, 0.15) is 59.3 Å². The molecule has 0 unspecified atom stereocenters. The lowest BCUT2D eigenvalue weighted by atomic mass is 9.87. The summed E-state index contributed by atoms with van der Waals surface area (Å²) in [6.45, 7) is 3.44. The molecule has 1 amide bonds. The minimum Gasteiger partial charge on any atom is -0.381 e. The van der Waals surface area contributed by atoms with Crippen LogP contribution in [0.3, 0.4) is 0 Å². The van der Waals surface area contributed by atoms with Gasteiger partial charge in [0.2, 0.25) is 11.8 Å². The lowest BCUT2D eigenvalue weighted by Gasteiger charge is -2.39. The number of hydrogen-bond acceptors (Lipinski definition) is 6. The average molecular weight is 410 g/mol. The summed E-state index contributed by atoms with van der Waals surface area (Å²) in [4.78, 5) is 20.8. The van der Waals surface area contributed by atoms with Crippen molar-refractivity contribution in [2.45, 2.75) is 44.1 Å². The molecule has 1 aromatic carbocycles. The van der Waals surface area contributed by atoms with Gasteiger partial charge < -0.3 is 14.2 Å². The highest BCUT2D eigenvalue weighted by Crippen LogP contribution is 2.46. The van der Waals surface area contributed by atoms with Gasteiger partial charge in [-0.2, -0.15) is 4.98 Å². The Kier molecular flexibility index (Phi) is 4.93. The van der Waals surface area contributed by atoms with Crippen LogP contribution in [0.2, 0.25) is 0 Å². The van der Waals surface area contributed by atoms with Crippen molar-refractivity contribution in [3.63, 3.8) is 0 Å². The van der Waals surface area contributed by atoms with Crippen molar-refractivity contribution < 1.29 is 14.1 Å². The maximum atomic E-state index is 13.0. The van der Waals surface area contributed by atoms with Crippen molar-refractivity contribution in [1.29, 1.82) is 0 Å². The molecule has 7 heteroatoms. The Morgan fingerprint density at radius 3 is 2.76 bits per heavy atom. The highest BCUT2D eigenvalue weighted by atomic mass is 32.1. The number of nitrogens with zero attached hydrogens (tertiary/aromatic N) is 3. The van der Waals surface area contributed by atoms with Crippen molar-refractivity contribution in [3.05, 3.63) is 63.9 Å². The number of hydrogen-bond donors (Lipinski definition) is 0. The van der Waals surface area contributed by atoms with E-state index in [0.717, 1.165) is 29.4 Å². The summed E-state index contributed by atoms with van der Waals surface area (Å²) in [6.07, 6.45) is 2.09. The molecule has 2 aromatic heterocycles. The third-order valence-corrected chi connectivity index (χ3v) is 6.76. The summed E-state index contributed by atoms with van der Waals surface area (Å²) in [5.41, 5.74) is 2.08. The van der Waals surface area contributed by atoms with Crippen molar-refractivity contribution in [1.82, 2.24) is 10.1 Å². The number of rotatable bonds is 4. The summed E-state index contributed by atoms with van der Waals surface area (Å²) in [5, 5.41) is 6.30. The van der Waals surface area contributed by atoms with Gasteiger partial charge in [0.25, 0.3) is 0 Å². The molecule has 0 bridgehead atoms. The number of ether oxygens (including phenoxy) is 1. The zero-order valence-electron chi connectivity index (χ0n) is 16.3. The maximum Gasteiger partial charge on any atom is 0.232 e. The second-order valence-electron chi connectivity index (χ2n) is 7.76. The van der Waals surface area contributed by atoms with Crippen LogP contribution in [-0.4, -0.2) is 29.3 Å². The largest absolute Gasteiger partial charge is 0.381 e. The van der Waals surface area contributed by atoms with E-state index in [2.05, 4.69) is 11.2 Å². The average Bonchev–Trinajstić information content (AvgIpc) is 3.50. The van der Waals surface area contributed by atoms with Gasteiger partial charge in [0, 0.05) is 29.5 Å². The van der Waals surface area contributed by atoms with Crippen LogP contribution in [0, 0.1) is 6.92 Å². The Morgan fingerprint density at radius 1 is 1.17 bits per heavy atom. The highest BCUT2D eigenvalue weighted by molar-refractivity contribution is 7.10. The smallest absolute Gasteiger partial charge is 0.232 e. The summed E-state index contributed by atoms with van der Waals surface area (Å²) in [6, 6.07) is 12.1. The first kappa shape index (κ1) is 18.5. The fourth-order valence-electron chi connectivity index (χ4n) is 4.25. The zero-order chi connectivity index (χ0) is 19.8. The molecule has 0 saturated carbocycles. The topological polar surface area (TPSA) is 68.5 Å². The number of benzene rings is 1. The molecule has 0 spiro atoms. The van der Waals surface area contributed by atoms with E-state index in [9.17, 15) is 4.79 Å². The van der Waals surface area contributed by atoms with Crippen molar-refractivity contribution in [2.75, 3.05) is 18.1 Å². The van der Waals surface area contributed by atoms with Crippen LogP contribution in [0.25, 0.3) is 0 Å². The van der Waals surface area contributed by atoms with Gasteiger partial charge in [-0.05, 0) is 43.3 Å². The summed E-state index contributed by atoms with van der Waals surface area (Å²) in [5.74, 6) is 1.64. The Balaban J connectivity index is 1.54. The van der Waals surface area contributed by atoms with Gasteiger partial charge in [-0.3, -0.25) is 4.79 Å². The monoisotopic (exact) mass is 409 g/mol. The second kappa shape index (κ2) is 7.72. The van der Waals surface area contributed by atoms with Gasteiger partial charge in [-0.15, -0.1) is 11.3 Å². The van der Waals surface area contributed by atoms with Crippen LogP contribution >= 0.6 is 11.3 Å². The molecule has 3 aromatic rings. The van der Waals surface area contributed by atoms with Crippen LogP contribution in [0.4, 0.5) is 5.69 Å². The van der Waals surface area contributed by atoms with Gasteiger partial charge >= 0.3 is 0 Å². The number of anilines is 1. The predicted octanol–water partition coefficient (Wildman–Crippen LogP) is 4.60. The fraction of sp³-hybridized carbons (Fsp3) is 0.409. The molecule has 5 rings (SSSR count). The Hall–Kier alpha value is -2.51. The van der Waals surface area contributed by atoms with E-state index >= 15 is 0 Å². The molecule has 0 radical (unpaired) electrons. The first-order valence-corrected chi connectivity index (χ1v) is 10.9. The van der Waals surface area contributed by atoms with Crippen LogP contribution in [-0.2, 0) is 9.53 Å². The molecule has 0 aliphatic carbocycles. The van der Waals surface area contributed by atoms with Gasteiger partial charge in [0.05, 0.1) is 18.6 Å². The Bertz CT molecular complexity index is 977. The van der Waals surface area contributed by atoms with E-state index in [4.69, 9.17) is 14.2 Å². The second-order valence-corrected chi connectivity index (χ2v) is 8.74. The number of carbonyl (C=O) groups is 1. The van der Waals surface area contributed by atoms with Gasteiger partial charge in [-0.25, -0.2) is 0 Å². The highest BCUT2D eigenvalue weighted by Gasteiger charge is 2.42. The van der Waals surface area contributed by atoms with E-state index in [-0.39, 0.29) is 23.8 Å². The molecule has 2 saturated heterocycles. The van der Waals surface area contributed by atoms with E-state index in [1.165, 1.54) is 5.56 Å². The van der Waals surface area contributed by atoms with Gasteiger partial charge in [0.15, 0.2) is 5.82 Å². The molecule has 2 aliphatic rings. The lowest BCUT2D eigenvalue weighted by molar-refractivity contribution is -0.120. The molecule has 4 heterocycles. The predicted molar refractivity (Wildman–Crippen MR) is 110 cm³/mol. The molecule has 2 aliphatic heterocycles. The molecule has 6 nitrogen and oxygen atoms in total. The number of piperidine rings is 1. The fourth-order valence-corrected chi connectivity index (χ4v) is 5.13. The number of amides is 1. The molecular formula is C22H23N3O3S. The van der Waals surface area contributed by atoms with Crippen molar-refractivity contribution in [2.24, 2.45) is 0 Å². The Morgan fingerprint density at radius 2 is 2.03 bits per heavy atom. The van der Waals surface area contributed by atoms with E-state index in [0.29, 0.717) is 25.3 Å². The van der Waals surface area contributed by atoms with Crippen molar-refractivity contribution >= 4 is 22.9 Å². The number of thiophene rings is 1. The van der Waals surface area contributed by atoms with E-state index in [1.807, 2.05) is 47.5 Å². The minimum absolute atomic E-state index is 0.0313. The van der Waals surface area contributed by atoms with E-state index < -0.39 is 0 Å². The summed E-state index contributed by atoms with van der Waals surface area (Å²) < 4.78 is 11.2. The molecular weight excluding hydrogens is 386 g/mol. The van der Waals surface area contributed by atoms with Crippen LogP contribution < -0.4 is 4.90 Å². The third-order valence-electron chi connectivity index (χ3n) is 5.81. The van der Waals surface area contributed by atoms with Crippen molar-refractivity contribution in [3.8, 4) is 0 Å². The normalized spacial score (nSPS) is 24.9.